The van der Waals surface area contributed by atoms with Gasteiger partial charge in [0.05, 0.1) is 18.6 Å². The molecule has 1 aliphatic rings. The molecule has 0 amide bonds. The van der Waals surface area contributed by atoms with Crippen molar-refractivity contribution in [3.63, 3.8) is 0 Å². The predicted molar refractivity (Wildman–Crippen MR) is 153 cm³/mol. The van der Waals surface area contributed by atoms with Gasteiger partial charge in [-0.05, 0) is 94.8 Å². The molecular formula is C33H36N2O2. The lowest BCUT2D eigenvalue weighted by Crippen LogP contribution is -2.28. The molecule has 0 atom stereocenters. The van der Waals surface area contributed by atoms with Crippen LogP contribution in [0.5, 0.6) is 11.5 Å². The fourth-order valence-electron chi connectivity index (χ4n) is 5.39. The Hall–Kier alpha value is -3.92. The normalized spacial score (nSPS) is 13.1. The SMILES string of the molecule is CCCCOc1ccc2c(c1)C(c1ccc(N)cc1)(c1ccc(N)cc1)c1cc(OCCCC)ccc1-2. The van der Waals surface area contributed by atoms with Crippen LogP contribution in [0, 0.1) is 0 Å². The van der Waals surface area contributed by atoms with Crippen molar-refractivity contribution in [1.82, 2.24) is 0 Å². The zero-order valence-electron chi connectivity index (χ0n) is 21.8. The Balaban J connectivity index is 1.78. The van der Waals surface area contributed by atoms with Gasteiger partial charge in [-0.2, -0.15) is 0 Å². The Bertz CT molecular complexity index is 1250. The molecule has 4 N–H and O–H groups in total. The van der Waals surface area contributed by atoms with Gasteiger partial charge in [0.25, 0.3) is 0 Å². The number of hydrogen-bond donors (Lipinski definition) is 2. The van der Waals surface area contributed by atoms with Crippen molar-refractivity contribution in [1.29, 1.82) is 0 Å². The molecule has 37 heavy (non-hydrogen) atoms. The number of fused-ring (bicyclic) bond motifs is 3. The molecule has 0 saturated carbocycles. The fraction of sp³-hybridized carbons (Fsp3) is 0.273. The van der Waals surface area contributed by atoms with Crippen molar-refractivity contribution in [3.8, 4) is 22.6 Å². The first-order valence-corrected chi connectivity index (χ1v) is 13.3. The minimum Gasteiger partial charge on any atom is -0.494 e. The molecular weight excluding hydrogens is 456 g/mol. The van der Waals surface area contributed by atoms with E-state index >= 15 is 0 Å². The predicted octanol–water partition coefficient (Wildman–Crippen LogP) is 7.57. The zero-order chi connectivity index (χ0) is 25.8. The fourth-order valence-corrected chi connectivity index (χ4v) is 5.39. The molecule has 0 unspecified atom stereocenters. The summed E-state index contributed by atoms with van der Waals surface area (Å²) in [5.41, 5.74) is 20.3. The first-order valence-electron chi connectivity index (χ1n) is 13.3. The van der Waals surface area contributed by atoms with E-state index in [0.717, 1.165) is 59.7 Å². The summed E-state index contributed by atoms with van der Waals surface area (Å²) < 4.78 is 12.4. The van der Waals surface area contributed by atoms with E-state index in [1.807, 2.05) is 24.3 Å². The van der Waals surface area contributed by atoms with E-state index in [0.29, 0.717) is 13.2 Å². The molecule has 0 heterocycles. The molecule has 4 aromatic carbocycles. The summed E-state index contributed by atoms with van der Waals surface area (Å²) in [6.07, 6.45) is 4.24. The standard InChI is InChI=1S/C33H36N2O2/c1-3-5-19-36-27-15-17-29-30-18-16-28(37-20-6-4-2)22-32(30)33(31(29)21-27,23-7-11-25(34)12-8-23)24-9-13-26(35)14-10-24/h7-18,21-22H,3-6,19-20,34-35H2,1-2H3. The maximum absolute atomic E-state index is 6.20. The zero-order valence-corrected chi connectivity index (χ0v) is 21.8. The molecule has 0 aromatic heterocycles. The Morgan fingerprint density at radius 3 is 1.35 bits per heavy atom. The lowest BCUT2D eigenvalue weighted by molar-refractivity contribution is 0.308. The first kappa shape index (κ1) is 24.8. The van der Waals surface area contributed by atoms with Crippen LogP contribution < -0.4 is 20.9 Å². The summed E-state index contributed by atoms with van der Waals surface area (Å²) in [4.78, 5) is 0. The smallest absolute Gasteiger partial charge is 0.119 e. The van der Waals surface area contributed by atoms with Gasteiger partial charge < -0.3 is 20.9 Å². The van der Waals surface area contributed by atoms with Crippen molar-refractivity contribution in [2.24, 2.45) is 0 Å². The number of unbranched alkanes of at least 4 members (excludes halogenated alkanes) is 2. The highest BCUT2D eigenvalue weighted by Crippen LogP contribution is 2.57. The third kappa shape index (κ3) is 4.53. The third-order valence-electron chi connectivity index (χ3n) is 7.30. The summed E-state index contributed by atoms with van der Waals surface area (Å²) in [5.74, 6) is 1.77. The summed E-state index contributed by atoms with van der Waals surface area (Å²) >= 11 is 0. The molecule has 0 spiro atoms. The van der Waals surface area contributed by atoms with Crippen LogP contribution in [0.25, 0.3) is 11.1 Å². The highest BCUT2D eigenvalue weighted by Gasteiger charge is 2.46. The van der Waals surface area contributed by atoms with Crippen LogP contribution in [0.15, 0.2) is 84.9 Å². The Morgan fingerprint density at radius 2 is 0.973 bits per heavy atom. The number of nitrogens with two attached hydrogens (primary N) is 2. The number of rotatable bonds is 10. The number of hydrogen-bond acceptors (Lipinski definition) is 4. The monoisotopic (exact) mass is 492 g/mol. The third-order valence-corrected chi connectivity index (χ3v) is 7.30. The number of nitrogen functional groups attached to an aromatic ring is 2. The molecule has 4 aromatic rings. The molecule has 4 nitrogen and oxygen atoms in total. The molecule has 1 aliphatic carbocycles. The van der Waals surface area contributed by atoms with Gasteiger partial charge in [-0.15, -0.1) is 0 Å². The molecule has 5 rings (SSSR count). The highest BCUT2D eigenvalue weighted by atomic mass is 16.5. The molecule has 0 radical (unpaired) electrons. The second-order valence-electron chi connectivity index (χ2n) is 9.81. The van der Waals surface area contributed by atoms with E-state index in [-0.39, 0.29) is 0 Å². The summed E-state index contributed by atoms with van der Waals surface area (Å²) in [6.45, 7) is 5.76. The van der Waals surface area contributed by atoms with E-state index in [9.17, 15) is 0 Å². The average Bonchev–Trinajstić information content (AvgIpc) is 3.20. The molecule has 0 fully saturated rings. The van der Waals surface area contributed by atoms with Crippen LogP contribution in [0.3, 0.4) is 0 Å². The van der Waals surface area contributed by atoms with Crippen LogP contribution in [0.1, 0.15) is 61.8 Å². The van der Waals surface area contributed by atoms with Crippen LogP contribution in [-0.4, -0.2) is 13.2 Å². The van der Waals surface area contributed by atoms with Crippen LogP contribution in [0.2, 0.25) is 0 Å². The van der Waals surface area contributed by atoms with Crippen molar-refractivity contribution in [3.05, 3.63) is 107 Å². The second-order valence-corrected chi connectivity index (χ2v) is 9.81. The Labute approximate surface area is 220 Å². The number of anilines is 2. The van der Waals surface area contributed by atoms with E-state index in [1.165, 1.54) is 22.3 Å². The Kier molecular flexibility index (Phi) is 7.09. The maximum Gasteiger partial charge on any atom is 0.119 e. The molecule has 0 bridgehead atoms. The molecule has 190 valence electrons. The quantitative estimate of drug-likeness (QED) is 0.156. The summed E-state index contributed by atoms with van der Waals surface area (Å²) in [5, 5.41) is 0. The van der Waals surface area contributed by atoms with Gasteiger partial charge >= 0.3 is 0 Å². The summed E-state index contributed by atoms with van der Waals surface area (Å²) in [7, 11) is 0. The van der Waals surface area contributed by atoms with Crippen molar-refractivity contribution >= 4 is 11.4 Å². The lowest BCUT2D eigenvalue weighted by Gasteiger charge is -2.34. The van der Waals surface area contributed by atoms with Gasteiger partial charge in [-0.25, -0.2) is 0 Å². The lowest BCUT2D eigenvalue weighted by atomic mass is 9.67. The van der Waals surface area contributed by atoms with Gasteiger partial charge in [-0.1, -0.05) is 63.1 Å². The van der Waals surface area contributed by atoms with Crippen LogP contribution in [0.4, 0.5) is 11.4 Å². The average molecular weight is 493 g/mol. The first-order chi connectivity index (χ1) is 18.1. The number of ether oxygens (including phenoxy) is 2. The van der Waals surface area contributed by atoms with Crippen LogP contribution >= 0.6 is 0 Å². The van der Waals surface area contributed by atoms with Gasteiger partial charge in [0.1, 0.15) is 11.5 Å². The van der Waals surface area contributed by atoms with Gasteiger partial charge in [-0.3, -0.25) is 0 Å². The van der Waals surface area contributed by atoms with E-state index in [1.54, 1.807) is 0 Å². The van der Waals surface area contributed by atoms with E-state index in [2.05, 4.69) is 74.5 Å². The second kappa shape index (κ2) is 10.6. The van der Waals surface area contributed by atoms with Crippen LogP contribution in [-0.2, 0) is 5.41 Å². The van der Waals surface area contributed by atoms with E-state index in [4.69, 9.17) is 20.9 Å². The van der Waals surface area contributed by atoms with Crippen molar-refractivity contribution in [2.45, 2.75) is 44.9 Å². The molecule has 0 aliphatic heterocycles. The van der Waals surface area contributed by atoms with Gasteiger partial charge in [0.2, 0.25) is 0 Å². The molecule has 0 saturated heterocycles. The summed E-state index contributed by atoms with van der Waals surface area (Å²) in [6, 6.07) is 29.5. The van der Waals surface area contributed by atoms with Gasteiger partial charge in [0.15, 0.2) is 0 Å². The minimum atomic E-state index is -0.569. The maximum atomic E-state index is 6.20. The number of benzene rings is 4. The highest BCUT2D eigenvalue weighted by molar-refractivity contribution is 5.87. The van der Waals surface area contributed by atoms with E-state index < -0.39 is 5.41 Å². The Morgan fingerprint density at radius 1 is 0.568 bits per heavy atom. The van der Waals surface area contributed by atoms with Crippen molar-refractivity contribution < 1.29 is 9.47 Å². The molecule has 4 heteroatoms. The van der Waals surface area contributed by atoms with Gasteiger partial charge in [0, 0.05) is 11.4 Å². The topological polar surface area (TPSA) is 70.5 Å². The van der Waals surface area contributed by atoms with Crippen molar-refractivity contribution in [2.75, 3.05) is 24.7 Å². The minimum absolute atomic E-state index is 0.569. The largest absolute Gasteiger partial charge is 0.494 e.